The molecule has 2 aromatic rings. The van der Waals surface area contributed by atoms with Crippen LogP contribution >= 0.6 is 0 Å². The van der Waals surface area contributed by atoms with Crippen LogP contribution in [0.1, 0.15) is 31.9 Å². The summed E-state index contributed by atoms with van der Waals surface area (Å²) in [5.41, 5.74) is 2.51. The molecular formula is C24H22O6. The molecule has 1 unspecified atom stereocenters. The van der Waals surface area contributed by atoms with Crippen molar-refractivity contribution in [1.82, 2.24) is 0 Å². The predicted molar refractivity (Wildman–Crippen MR) is 113 cm³/mol. The number of ether oxygens (including phenoxy) is 3. The van der Waals surface area contributed by atoms with Crippen molar-refractivity contribution < 1.29 is 28.9 Å². The van der Waals surface area contributed by atoms with E-state index in [1.165, 1.54) is 13.0 Å². The summed E-state index contributed by atoms with van der Waals surface area (Å²) in [6, 6.07) is 11.6. The first-order valence-corrected chi connectivity index (χ1v) is 9.20. The summed E-state index contributed by atoms with van der Waals surface area (Å²) >= 11 is 0. The molecule has 0 aromatic heterocycles. The van der Waals surface area contributed by atoms with Crippen molar-refractivity contribution in [2.45, 2.75) is 26.6 Å². The molecule has 6 nitrogen and oxygen atoms in total. The van der Waals surface area contributed by atoms with Crippen LogP contribution < -0.4 is 14.2 Å². The number of carbonyl (C=O) groups is 2. The molecule has 30 heavy (non-hydrogen) atoms. The lowest BCUT2D eigenvalue weighted by Gasteiger charge is -2.32. The van der Waals surface area contributed by atoms with E-state index < -0.39 is 17.7 Å². The van der Waals surface area contributed by atoms with Gasteiger partial charge in [0.1, 0.15) is 17.2 Å². The van der Waals surface area contributed by atoms with Crippen LogP contribution in [-0.4, -0.2) is 22.8 Å². The second-order valence-corrected chi connectivity index (χ2v) is 7.21. The van der Waals surface area contributed by atoms with Crippen molar-refractivity contribution in [3.05, 3.63) is 77.9 Å². The molecule has 0 saturated heterocycles. The molecule has 1 aliphatic rings. The Hall–Kier alpha value is -3.64. The molecule has 0 amide bonds. The normalized spacial score (nSPS) is 17.1. The van der Waals surface area contributed by atoms with Crippen LogP contribution in [0.5, 0.6) is 17.2 Å². The average Bonchev–Trinajstić information content (AvgIpc) is 2.67. The summed E-state index contributed by atoms with van der Waals surface area (Å²) in [7, 11) is 0. The molecule has 154 valence electrons. The van der Waals surface area contributed by atoms with Crippen LogP contribution in [0.4, 0.5) is 0 Å². The smallest absolute Gasteiger partial charge is 0.338 e. The molecule has 3 rings (SSSR count). The highest BCUT2D eigenvalue weighted by molar-refractivity contribution is 5.91. The summed E-state index contributed by atoms with van der Waals surface area (Å²) in [4.78, 5) is 23.4. The molecule has 1 N–H and O–H groups in total. The van der Waals surface area contributed by atoms with Crippen LogP contribution in [0.2, 0.25) is 0 Å². The van der Waals surface area contributed by atoms with Gasteiger partial charge in [0.15, 0.2) is 0 Å². The predicted octanol–water partition coefficient (Wildman–Crippen LogP) is 4.29. The molecular weight excluding hydrogens is 384 g/mol. The molecule has 0 saturated carbocycles. The van der Waals surface area contributed by atoms with Gasteiger partial charge in [0.25, 0.3) is 0 Å². The second kappa shape index (κ2) is 8.00. The maximum atomic E-state index is 11.7. The van der Waals surface area contributed by atoms with Gasteiger partial charge in [-0.25, -0.2) is 9.59 Å². The van der Waals surface area contributed by atoms with Gasteiger partial charge in [-0.2, -0.15) is 0 Å². The quantitative estimate of drug-likeness (QED) is 0.453. The maximum Gasteiger partial charge on any atom is 0.338 e. The van der Waals surface area contributed by atoms with Gasteiger partial charge >= 0.3 is 11.9 Å². The third-order valence-electron chi connectivity index (χ3n) is 4.38. The molecule has 0 bridgehead atoms. The van der Waals surface area contributed by atoms with Gasteiger partial charge in [0.05, 0.1) is 0 Å². The minimum absolute atomic E-state index is 0.278. The van der Waals surface area contributed by atoms with Crippen LogP contribution in [-0.2, 0) is 9.59 Å². The SMILES string of the molecule is C=C(C)C(=O)Oc1ccc(C2=Cc3ccc(OC(=O)C(=C)C)cc3OC2(C)O)cc1. The van der Waals surface area contributed by atoms with Gasteiger partial charge in [-0.1, -0.05) is 25.3 Å². The van der Waals surface area contributed by atoms with E-state index in [1.54, 1.807) is 56.3 Å². The molecule has 0 radical (unpaired) electrons. The van der Waals surface area contributed by atoms with Crippen molar-refractivity contribution >= 4 is 23.6 Å². The van der Waals surface area contributed by atoms with Crippen molar-refractivity contribution in [1.29, 1.82) is 0 Å². The van der Waals surface area contributed by atoms with Crippen LogP contribution in [0.25, 0.3) is 11.6 Å². The molecule has 2 aromatic carbocycles. The fourth-order valence-corrected chi connectivity index (χ4v) is 2.79. The van der Waals surface area contributed by atoms with Crippen LogP contribution in [0.3, 0.4) is 0 Å². The first kappa shape index (κ1) is 21.1. The van der Waals surface area contributed by atoms with Gasteiger partial charge in [0, 0.05) is 35.3 Å². The monoisotopic (exact) mass is 406 g/mol. The Morgan fingerprint density at radius 1 is 0.933 bits per heavy atom. The van der Waals surface area contributed by atoms with Crippen molar-refractivity contribution in [2.75, 3.05) is 0 Å². The maximum absolute atomic E-state index is 11.7. The van der Waals surface area contributed by atoms with E-state index in [4.69, 9.17) is 14.2 Å². The molecule has 0 aliphatic carbocycles. The highest BCUT2D eigenvalue weighted by atomic mass is 16.6. The van der Waals surface area contributed by atoms with Gasteiger partial charge < -0.3 is 19.3 Å². The number of esters is 2. The topological polar surface area (TPSA) is 82.1 Å². The zero-order chi connectivity index (χ0) is 22.1. The Morgan fingerprint density at radius 3 is 2.03 bits per heavy atom. The van der Waals surface area contributed by atoms with E-state index in [-0.39, 0.29) is 11.3 Å². The fraction of sp³-hybridized carbons (Fsp3) is 0.167. The number of fused-ring (bicyclic) bond motifs is 1. The van der Waals surface area contributed by atoms with Crippen LogP contribution in [0.15, 0.2) is 66.8 Å². The van der Waals surface area contributed by atoms with Gasteiger partial charge in [0.2, 0.25) is 5.79 Å². The first-order chi connectivity index (χ1) is 14.1. The molecule has 1 heterocycles. The van der Waals surface area contributed by atoms with Crippen molar-refractivity contribution in [2.24, 2.45) is 0 Å². The summed E-state index contributed by atoms with van der Waals surface area (Å²) in [5, 5.41) is 10.9. The van der Waals surface area contributed by atoms with E-state index in [2.05, 4.69) is 13.2 Å². The van der Waals surface area contributed by atoms with E-state index in [0.717, 1.165) is 0 Å². The average molecular weight is 406 g/mol. The van der Waals surface area contributed by atoms with Crippen LogP contribution in [0, 0.1) is 0 Å². The number of benzene rings is 2. The number of carbonyl (C=O) groups excluding carboxylic acids is 2. The minimum Gasteiger partial charge on any atom is -0.458 e. The summed E-state index contributed by atoms with van der Waals surface area (Å²) in [5.74, 6) is -1.64. The van der Waals surface area contributed by atoms with E-state index in [1.807, 2.05) is 0 Å². The molecule has 6 heteroatoms. The Kier molecular flexibility index (Phi) is 5.62. The first-order valence-electron chi connectivity index (χ1n) is 9.20. The van der Waals surface area contributed by atoms with Crippen molar-refractivity contribution in [3.8, 4) is 17.2 Å². The summed E-state index contributed by atoms with van der Waals surface area (Å²) in [6.07, 6.45) is 1.79. The van der Waals surface area contributed by atoms with Gasteiger partial charge in [-0.05, 0) is 49.8 Å². The Balaban J connectivity index is 1.88. The molecule has 0 fully saturated rings. The third kappa shape index (κ3) is 4.50. The van der Waals surface area contributed by atoms with Gasteiger partial charge in [-0.3, -0.25) is 0 Å². The van der Waals surface area contributed by atoms with E-state index in [0.29, 0.717) is 33.8 Å². The Labute approximate surface area is 174 Å². The minimum atomic E-state index is -1.63. The molecule has 1 atom stereocenters. The number of hydrogen-bond acceptors (Lipinski definition) is 6. The second-order valence-electron chi connectivity index (χ2n) is 7.21. The summed E-state index contributed by atoms with van der Waals surface area (Å²) in [6.45, 7) is 11.7. The Morgan fingerprint density at radius 2 is 1.47 bits per heavy atom. The number of hydrogen-bond donors (Lipinski definition) is 1. The highest BCUT2D eigenvalue weighted by Gasteiger charge is 2.34. The third-order valence-corrected chi connectivity index (χ3v) is 4.38. The lowest BCUT2D eigenvalue weighted by atomic mass is 9.93. The zero-order valence-corrected chi connectivity index (χ0v) is 17.0. The van der Waals surface area contributed by atoms with E-state index in [9.17, 15) is 14.7 Å². The summed E-state index contributed by atoms with van der Waals surface area (Å²) < 4.78 is 16.2. The lowest BCUT2D eigenvalue weighted by Crippen LogP contribution is -2.35. The largest absolute Gasteiger partial charge is 0.458 e. The molecule has 1 aliphatic heterocycles. The lowest BCUT2D eigenvalue weighted by molar-refractivity contribution is -0.131. The van der Waals surface area contributed by atoms with E-state index >= 15 is 0 Å². The highest BCUT2D eigenvalue weighted by Crippen LogP contribution is 2.41. The standard InChI is InChI=1S/C24H22O6/c1-14(2)22(25)28-18-9-6-16(7-10-18)20-12-17-8-11-19(29-23(26)15(3)4)13-21(17)30-24(20,5)27/h6-13,27H,1,3H2,2,4-5H3. The fourth-order valence-electron chi connectivity index (χ4n) is 2.79. The van der Waals surface area contributed by atoms with Crippen molar-refractivity contribution in [3.63, 3.8) is 0 Å². The zero-order valence-electron chi connectivity index (χ0n) is 17.0. The van der Waals surface area contributed by atoms with Gasteiger partial charge in [-0.15, -0.1) is 0 Å². The number of rotatable bonds is 5. The Bertz CT molecular complexity index is 1070. The molecule has 0 spiro atoms. The number of aliphatic hydroxyl groups is 1.